The molecule has 0 aromatic heterocycles. The van der Waals surface area contributed by atoms with E-state index in [2.05, 4.69) is 28.6 Å². The average molecular weight is 450 g/mol. The number of carbonyl (C=O) groups excluding carboxylic acids is 4. The number of hydrogen-bond donors (Lipinski definition) is 8. The Morgan fingerprint density at radius 3 is 1.87 bits per heavy atom. The van der Waals surface area contributed by atoms with Crippen LogP contribution in [0.5, 0.6) is 0 Å². The van der Waals surface area contributed by atoms with Gasteiger partial charge in [0.25, 0.3) is 0 Å². The summed E-state index contributed by atoms with van der Waals surface area (Å²) >= 11 is 3.97. The Hall–Kier alpha value is -2.38. The molecule has 0 radical (unpaired) electrons. The third kappa shape index (κ3) is 8.97. The van der Waals surface area contributed by atoms with Crippen LogP contribution in [-0.2, 0) is 24.0 Å². The van der Waals surface area contributed by atoms with E-state index in [1.54, 1.807) is 13.8 Å². The van der Waals surface area contributed by atoms with Gasteiger partial charge in [0.2, 0.25) is 23.6 Å². The smallest absolute Gasteiger partial charge is 0.326 e. The molecule has 0 aliphatic carbocycles. The second-order valence-electron chi connectivity index (χ2n) is 6.95. The molecular weight excluding hydrogens is 418 g/mol. The van der Waals surface area contributed by atoms with Crippen molar-refractivity contribution in [2.45, 2.75) is 63.9 Å². The Morgan fingerprint density at radius 2 is 1.47 bits per heavy atom. The van der Waals surface area contributed by atoms with Gasteiger partial charge in [-0.25, -0.2) is 4.79 Å². The highest BCUT2D eigenvalue weighted by atomic mass is 32.1. The van der Waals surface area contributed by atoms with Gasteiger partial charge in [0.1, 0.15) is 24.2 Å². The number of primary amides is 1. The largest absolute Gasteiger partial charge is 0.480 e. The number of aliphatic hydroxyl groups is 1. The molecule has 4 amide bonds. The van der Waals surface area contributed by atoms with Gasteiger partial charge in [0.15, 0.2) is 0 Å². The van der Waals surface area contributed by atoms with Crippen LogP contribution in [0.2, 0.25) is 0 Å². The fourth-order valence-corrected chi connectivity index (χ4v) is 2.56. The number of aliphatic hydroxyl groups excluding tert-OH is 1. The van der Waals surface area contributed by atoms with Crippen molar-refractivity contribution in [2.24, 2.45) is 17.4 Å². The summed E-state index contributed by atoms with van der Waals surface area (Å²) in [6.07, 6.45) is -1.30. The molecule has 172 valence electrons. The number of carboxylic acids is 1. The van der Waals surface area contributed by atoms with Crippen LogP contribution in [0.3, 0.4) is 0 Å². The van der Waals surface area contributed by atoms with Crippen LogP contribution in [0.1, 0.15) is 33.6 Å². The van der Waals surface area contributed by atoms with Crippen LogP contribution in [0.15, 0.2) is 0 Å². The summed E-state index contributed by atoms with van der Waals surface area (Å²) in [6, 6.07) is -5.24. The van der Waals surface area contributed by atoms with Gasteiger partial charge in [0, 0.05) is 5.75 Å². The maximum Gasteiger partial charge on any atom is 0.326 e. The zero-order valence-electron chi connectivity index (χ0n) is 17.1. The van der Waals surface area contributed by atoms with Crippen LogP contribution >= 0.6 is 12.6 Å². The fraction of sp³-hybridized carbons (Fsp3) is 0.706. The molecule has 0 aromatic rings. The third-order valence-electron chi connectivity index (χ3n) is 4.45. The molecule has 0 saturated carbocycles. The lowest BCUT2D eigenvalue weighted by Gasteiger charge is -2.25. The first-order valence-electron chi connectivity index (χ1n) is 9.32. The van der Waals surface area contributed by atoms with Crippen molar-refractivity contribution in [2.75, 3.05) is 5.75 Å². The lowest BCUT2D eigenvalue weighted by atomic mass is 9.98. The summed E-state index contributed by atoms with van der Waals surface area (Å²) in [7, 11) is 0. The van der Waals surface area contributed by atoms with E-state index in [4.69, 9.17) is 11.5 Å². The highest BCUT2D eigenvalue weighted by Crippen LogP contribution is 2.09. The quantitative estimate of drug-likeness (QED) is 0.136. The van der Waals surface area contributed by atoms with Crippen molar-refractivity contribution in [1.82, 2.24) is 16.0 Å². The number of nitrogens with two attached hydrogens (primary N) is 2. The molecule has 6 unspecified atom stereocenters. The highest BCUT2D eigenvalue weighted by Gasteiger charge is 2.32. The van der Waals surface area contributed by atoms with Crippen molar-refractivity contribution in [1.29, 1.82) is 0 Å². The number of rotatable bonds is 13. The van der Waals surface area contributed by atoms with Gasteiger partial charge in [-0.15, -0.1) is 0 Å². The van der Waals surface area contributed by atoms with Crippen molar-refractivity contribution in [3.05, 3.63) is 0 Å². The molecule has 0 rings (SSSR count). The molecule has 9 N–H and O–H groups in total. The first kappa shape index (κ1) is 27.6. The number of nitrogens with one attached hydrogen (secondary N) is 3. The number of carbonyl (C=O) groups is 5. The van der Waals surface area contributed by atoms with Crippen molar-refractivity contribution in [3.63, 3.8) is 0 Å². The molecule has 12 nitrogen and oxygen atoms in total. The third-order valence-corrected chi connectivity index (χ3v) is 4.82. The van der Waals surface area contributed by atoms with E-state index in [1.807, 2.05) is 0 Å². The van der Waals surface area contributed by atoms with E-state index >= 15 is 0 Å². The van der Waals surface area contributed by atoms with E-state index in [9.17, 15) is 34.2 Å². The average Bonchev–Trinajstić information content (AvgIpc) is 2.66. The summed E-state index contributed by atoms with van der Waals surface area (Å²) in [6.45, 7) is 4.66. The van der Waals surface area contributed by atoms with Gasteiger partial charge in [-0.1, -0.05) is 20.3 Å². The molecule has 13 heteroatoms. The van der Waals surface area contributed by atoms with Gasteiger partial charge < -0.3 is 37.6 Å². The summed E-state index contributed by atoms with van der Waals surface area (Å²) in [5.74, 6) is -5.38. The van der Waals surface area contributed by atoms with E-state index in [0.717, 1.165) is 0 Å². The minimum atomic E-state index is -1.47. The lowest BCUT2D eigenvalue weighted by molar-refractivity contribution is -0.144. The first-order chi connectivity index (χ1) is 13.8. The second-order valence-corrected chi connectivity index (χ2v) is 7.32. The topological polar surface area (TPSA) is 214 Å². The van der Waals surface area contributed by atoms with E-state index in [1.165, 1.54) is 6.92 Å². The Balaban J connectivity index is 5.36. The number of amides is 4. The van der Waals surface area contributed by atoms with E-state index in [-0.39, 0.29) is 5.75 Å². The van der Waals surface area contributed by atoms with Gasteiger partial charge in [-0.05, 0) is 12.8 Å². The Kier molecular flexibility index (Phi) is 12.0. The van der Waals surface area contributed by atoms with E-state index in [0.29, 0.717) is 6.42 Å². The fourth-order valence-electron chi connectivity index (χ4n) is 2.30. The van der Waals surface area contributed by atoms with Crippen LogP contribution in [-0.4, -0.2) is 75.8 Å². The zero-order chi connectivity index (χ0) is 23.6. The zero-order valence-corrected chi connectivity index (χ0v) is 18.0. The van der Waals surface area contributed by atoms with Gasteiger partial charge in [-0.2, -0.15) is 12.6 Å². The van der Waals surface area contributed by atoms with E-state index < -0.39 is 72.2 Å². The minimum absolute atomic E-state index is 0.181. The first-order valence-corrected chi connectivity index (χ1v) is 9.95. The lowest BCUT2D eigenvalue weighted by Crippen LogP contribution is -2.59. The summed E-state index contributed by atoms with van der Waals surface area (Å²) in [5, 5.41) is 25.5. The number of hydrogen-bond acceptors (Lipinski definition) is 8. The minimum Gasteiger partial charge on any atom is -0.480 e. The maximum atomic E-state index is 12.5. The Bertz CT molecular complexity index is 646. The maximum absolute atomic E-state index is 12.5. The number of carboxylic acid groups (broad SMARTS) is 1. The van der Waals surface area contributed by atoms with Crippen molar-refractivity contribution in [3.8, 4) is 0 Å². The molecule has 6 atom stereocenters. The molecule has 0 aliphatic heterocycles. The molecule has 0 aromatic carbocycles. The standard InChI is InChI=1S/C17H31N5O7S/c1-4-7(2)13(17(28)29)22-14(25)9(5-11(18)24)20-15(26)10(6-30)21-16(27)12(19)8(3)23/h7-10,12-13,23,30H,4-6,19H2,1-3H3,(H2,18,24)(H,20,26)(H,21,27)(H,22,25)(H,28,29). The molecule has 0 spiro atoms. The molecule has 0 bridgehead atoms. The predicted molar refractivity (Wildman–Crippen MR) is 110 cm³/mol. The molecule has 0 heterocycles. The second kappa shape index (κ2) is 13.0. The van der Waals surface area contributed by atoms with Crippen LogP contribution in [0.4, 0.5) is 0 Å². The SMILES string of the molecule is CCC(C)C(NC(=O)C(CC(N)=O)NC(=O)C(CS)NC(=O)C(N)C(C)O)C(=O)O. The Labute approximate surface area is 179 Å². The Morgan fingerprint density at radius 1 is 0.967 bits per heavy atom. The summed E-state index contributed by atoms with van der Waals surface area (Å²) in [4.78, 5) is 59.7. The summed E-state index contributed by atoms with van der Waals surface area (Å²) < 4.78 is 0. The normalized spacial score (nSPS) is 16.9. The van der Waals surface area contributed by atoms with Gasteiger partial charge in [-0.3, -0.25) is 19.2 Å². The summed E-state index contributed by atoms with van der Waals surface area (Å²) in [5.41, 5.74) is 10.6. The highest BCUT2D eigenvalue weighted by molar-refractivity contribution is 7.80. The molecular formula is C17H31N5O7S. The number of aliphatic carboxylic acids is 1. The van der Waals surface area contributed by atoms with Gasteiger partial charge >= 0.3 is 5.97 Å². The predicted octanol–water partition coefficient (Wildman–Crippen LogP) is -2.92. The van der Waals surface area contributed by atoms with Crippen LogP contribution in [0.25, 0.3) is 0 Å². The van der Waals surface area contributed by atoms with Crippen LogP contribution < -0.4 is 27.4 Å². The monoisotopic (exact) mass is 449 g/mol. The molecule has 0 saturated heterocycles. The molecule has 0 aliphatic rings. The molecule has 30 heavy (non-hydrogen) atoms. The van der Waals surface area contributed by atoms with Crippen molar-refractivity contribution >= 4 is 42.2 Å². The van der Waals surface area contributed by atoms with Crippen molar-refractivity contribution < 1.29 is 34.2 Å². The van der Waals surface area contributed by atoms with Crippen LogP contribution in [0, 0.1) is 5.92 Å². The van der Waals surface area contributed by atoms with Gasteiger partial charge in [0.05, 0.1) is 12.5 Å². The number of thiol groups is 1. The molecule has 0 fully saturated rings.